The minimum absolute atomic E-state index is 0.677. The van der Waals surface area contributed by atoms with Crippen molar-refractivity contribution in [2.75, 3.05) is 13.7 Å². The summed E-state index contributed by atoms with van der Waals surface area (Å²) in [5, 5.41) is 3.44. The number of benzene rings is 1. The fourth-order valence-electron chi connectivity index (χ4n) is 1.97. The Morgan fingerprint density at radius 3 is 2.68 bits per heavy atom. The number of ether oxygens (including phenoxy) is 1. The van der Waals surface area contributed by atoms with Crippen LogP contribution < -0.4 is 5.32 Å². The lowest BCUT2D eigenvalue weighted by Crippen LogP contribution is -2.15. The Hall–Kier alpha value is -1.65. The highest BCUT2D eigenvalue weighted by molar-refractivity contribution is 5.21. The van der Waals surface area contributed by atoms with Crippen molar-refractivity contribution in [1.29, 1.82) is 0 Å². The molecule has 0 saturated carbocycles. The van der Waals surface area contributed by atoms with Gasteiger partial charge in [0.05, 0.1) is 6.61 Å². The van der Waals surface area contributed by atoms with E-state index < -0.39 is 0 Å². The van der Waals surface area contributed by atoms with Gasteiger partial charge in [-0.05, 0) is 24.1 Å². The van der Waals surface area contributed by atoms with Gasteiger partial charge in [0.2, 0.25) is 0 Å². The van der Waals surface area contributed by atoms with E-state index in [-0.39, 0.29) is 0 Å². The van der Waals surface area contributed by atoms with E-state index in [1.807, 2.05) is 6.20 Å². The Bertz CT molecular complexity index is 451. The average molecular weight is 259 g/mol. The molecule has 2 N–H and O–H groups in total. The van der Waals surface area contributed by atoms with E-state index in [4.69, 9.17) is 4.74 Å². The number of aromatic amines is 1. The van der Waals surface area contributed by atoms with Gasteiger partial charge in [-0.1, -0.05) is 24.3 Å². The van der Waals surface area contributed by atoms with Gasteiger partial charge in [0.1, 0.15) is 5.82 Å². The van der Waals surface area contributed by atoms with Crippen LogP contribution in [-0.2, 0) is 24.3 Å². The molecule has 0 aliphatic heterocycles. The molecule has 2 aromatic rings. The van der Waals surface area contributed by atoms with Gasteiger partial charge in [0.15, 0.2) is 0 Å². The highest BCUT2D eigenvalue weighted by atomic mass is 16.5. The first-order valence-electron chi connectivity index (χ1n) is 6.64. The van der Waals surface area contributed by atoms with E-state index in [0.29, 0.717) is 6.61 Å². The molecule has 4 heteroatoms. The molecule has 0 bridgehead atoms. The summed E-state index contributed by atoms with van der Waals surface area (Å²) >= 11 is 0. The third kappa shape index (κ3) is 4.85. The molecule has 102 valence electrons. The Morgan fingerprint density at radius 2 is 2.00 bits per heavy atom. The minimum atomic E-state index is 0.677. The van der Waals surface area contributed by atoms with Crippen molar-refractivity contribution in [2.45, 2.75) is 26.0 Å². The summed E-state index contributed by atoms with van der Waals surface area (Å²) < 4.78 is 5.09. The van der Waals surface area contributed by atoms with E-state index >= 15 is 0 Å². The van der Waals surface area contributed by atoms with Crippen molar-refractivity contribution in [3.05, 3.63) is 53.6 Å². The number of nitrogens with zero attached hydrogens (tertiary/aromatic N) is 1. The summed E-state index contributed by atoms with van der Waals surface area (Å²) in [4.78, 5) is 7.32. The Kier molecular flexibility index (Phi) is 5.59. The van der Waals surface area contributed by atoms with Crippen LogP contribution in [0, 0.1) is 0 Å². The van der Waals surface area contributed by atoms with Crippen molar-refractivity contribution in [3.8, 4) is 0 Å². The fourth-order valence-corrected chi connectivity index (χ4v) is 1.97. The monoisotopic (exact) mass is 259 g/mol. The molecule has 0 saturated heterocycles. The van der Waals surface area contributed by atoms with Crippen molar-refractivity contribution in [1.82, 2.24) is 15.3 Å². The molecular weight excluding hydrogens is 238 g/mol. The molecule has 0 spiro atoms. The van der Waals surface area contributed by atoms with E-state index in [0.717, 1.165) is 31.8 Å². The fraction of sp³-hybridized carbons (Fsp3) is 0.400. The maximum absolute atomic E-state index is 5.09. The molecule has 2 rings (SSSR count). The predicted octanol–water partition coefficient (Wildman–Crippen LogP) is 2.28. The normalized spacial score (nSPS) is 10.8. The van der Waals surface area contributed by atoms with E-state index in [1.54, 1.807) is 13.3 Å². The third-order valence-corrected chi connectivity index (χ3v) is 2.99. The second kappa shape index (κ2) is 7.71. The minimum Gasteiger partial charge on any atom is -0.380 e. The number of hydrogen-bond acceptors (Lipinski definition) is 3. The second-order valence-corrected chi connectivity index (χ2v) is 4.57. The maximum atomic E-state index is 5.09. The van der Waals surface area contributed by atoms with Crippen molar-refractivity contribution < 1.29 is 4.74 Å². The molecule has 0 aliphatic rings. The SMILES string of the molecule is COCc1ccc(CNCCCc2ncc[nH]2)cc1. The van der Waals surface area contributed by atoms with Crippen LogP contribution in [0.25, 0.3) is 0 Å². The van der Waals surface area contributed by atoms with Gasteiger partial charge in [-0.3, -0.25) is 0 Å². The molecule has 0 aliphatic carbocycles. The number of hydrogen-bond donors (Lipinski definition) is 2. The second-order valence-electron chi connectivity index (χ2n) is 4.57. The lowest BCUT2D eigenvalue weighted by atomic mass is 10.1. The lowest BCUT2D eigenvalue weighted by molar-refractivity contribution is 0.185. The summed E-state index contributed by atoms with van der Waals surface area (Å²) in [6, 6.07) is 8.52. The molecular formula is C15H21N3O. The van der Waals surface area contributed by atoms with Crippen LogP contribution in [-0.4, -0.2) is 23.6 Å². The van der Waals surface area contributed by atoms with E-state index in [1.165, 1.54) is 11.1 Å². The van der Waals surface area contributed by atoms with Crippen LogP contribution in [0.15, 0.2) is 36.7 Å². The highest BCUT2D eigenvalue weighted by Crippen LogP contribution is 2.05. The molecule has 1 heterocycles. The van der Waals surface area contributed by atoms with E-state index in [2.05, 4.69) is 39.6 Å². The Balaban J connectivity index is 1.62. The lowest BCUT2D eigenvalue weighted by Gasteiger charge is -2.05. The summed E-state index contributed by atoms with van der Waals surface area (Å²) in [6.07, 6.45) is 5.75. The van der Waals surface area contributed by atoms with Crippen LogP contribution in [0.5, 0.6) is 0 Å². The first kappa shape index (κ1) is 13.8. The molecule has 19 heavy (non-hydrogen) atoms. The quantitative estimate of drug-likeness (QED) is 0.715. The molecule has 1 aromatic carbocycles. The maximum Gasteiger partial charge on any atom is 0.106 e. The third-order valence-electron chi connectivity index (χ3n) is 2.99. The zero-order valence-electron chi connectivity index (χ0n) is 11.4. The number of rotatable bonds is 8. The zero-order chi connectivity index (χ0) is 13.3. The van der Waals surface area contributed by atoms with Crippen LogP contribution in [0.1, 0.15) is 23.4 Å². The summed E-state index contributed by atoms with van der Waals surface area (Å²) in [6.45, 7) is 2.59. The number of imidazole rings is 1. The number of aryl methyl sites for hydroxylation is 1. The molecule has 0 amide bonds. The van der Waals surface area contributed by atoms with Crippen molar-refractivity contribution in [3.63, 3.8) is 0 Å². The van der Waals surface area contributed by atoms with Gasteiger partial charge in [-0.25, -0.2) is 4.98 Å². The highest BCUT2D eigenvalue weighted by Gasteiger charge is 1.96. The van der Waals surface area contributed by atoms with Crippen LogP contribution in [0.2, 0.25) is 0 Å². The number of H-pyrrole nitrogens is 1. The molecule has 4 nitrogen and oxygen atoms in total. The zero-order valence-corrected chi connectivity index (χ0v) is 11.4. The van der Waals surface area contributed by atoms with Gasteiger partial charge in [-0.15, -0.1) is 0 Å². The molecule has 1 aromatic heterocycles. The Labute approximate surface area is 114 Å². The first-order valence-corrected chi connectivity index (χ1v) is 6.64. The van der Waals surface area contributed by atoms with Crippen LogP contribution >= 0.6 is 0 Å². The van der Waals surface area contributed by atoms with Gasteiger partial charge < -0.3 is 15.0 Å². The predicted molar refractivity (Wildman–Crippen MR) is 75.8 cm³/mol. The van der Waals surface area contributed by atoms with Crippen LogP contribution in [0.4, 0.5) is 0 Å². The average Bonchev–Trinajstić information content (AvgIpc) is 2.94. The topological polar surface area (TPSA) is 49.9 Å². The van der Waals surface area contributed by atoms with Gasteiger partial charge in [0.25, 0.3) is 0 Å². The number of nitrogens with one attached hydrogen (secondary N) is 2. The van der Waals surface area contributed by atoms with E-state index in [9.17, 15) is 0 Å². The first-order chi connectivity index (χ1) is 9.38. The van der Waals surface area contributed by atoms with Crippen LogP contribution in [0.3, 0.4) is 0 Å². The number of aromatic nitrogens is 2. The summed E-state index contributed by atoms with van der Waals surface area (Å²) in [5.74, 6) is 1.06. The Morgan fingerprint density at radius 1 is 1.21 bits per heavy atom. The molecule has 0 atom stereocenters. The molecule has 0 unspecified atom stereocenters. The summed E-state index contributed by atoms with van der Waals surface area (Å²) in [7, 11) is 1.72. The van der Waals surface area contributed by atoms with Crippen molar-refractivity contribution in [2.24, 2.45) is 0 Å². The molecule has 0 fully saturated rings. The van der Waals surface area contributed by atoms with Gasteiger partial charge in [0, 0.05) is 32.5 Å². The number of methoxy groups -OCH3 is 1. The van der Waals surface area contributed by atoms with Gasteiger partial charge >= 0.3 is 0 Å². The smallest absolute Gasteiger partial charge is 0.106 e. The summed E-state index contributed by atoms with van der Waals surface area (Å²) in [5.41, 5.74) is 2.52. The van der Waals surface area contributed by atoms with Gasteiger partial charge in [-0.2, -0.15) is 0 Å². The van der Waals surface area contributed by atoms with Crippen molar-refractivity contribution >= 4 is 0 Å². The standard InChI is InChI=1S/C15H21N3O/c1-19-12-14-6-4-13(5-7-14)11-16-8-2-3-15-17-9-10-18-15/h4-7,9-10,16H,2-3,8,11-12H2,1H3,(H,17,18). The largest absolute Gasteiger partial charge is 0.380 e. The molecule has 0 radical (unpaired) electrons.